The largest absolute Gasteiger partial charge is 0.416 e. The van der Waals surface area contributed by atoms with Gasteiger partial charge >= 0.3 is 6.18 Å². The predicted octanol–water partition coefficient (Wildman–Crippen LogP) is 4.35. The number of hydrogen-bond acceptors (Lipinski definition) is 6. The number of halogens is 3. The van der Waals surface area contributed by atoms with Crippen LogP contribution in [0.15, 0.2) is 48.5 Å². The summed E-state index contributed by atoms with van der Waals surface area (Å²) < 4.78 is 36.2. The number of likely N-dealkylation sites (tertiary alicyclic amines) is 1. The van der Waals surface area contributed by atoms with Crippen LogP contribution in [0, 0.1) is 0 Å². The minimum atomic E-state index is -4.27. The summed E-state index contributed by atoms with van der Waals surface area (Å²) >= 11 is 0. The Bertz CT molecular complexity index is 823. The quantitative estimate of drug-likeness (QED) is 0.395. The molecule has 0 amide bonds. The second-order valence-corrected chi connectivity index (χ2v) is 9.89. The van der Waals surface area contributed by atoms with Crippen molar-refractivity contribution >= 4 is 0 Å². The van der Waals surface area contributed by atoms with Crippen LogP contribution >= 0.6 is 0 Å². The molecule has 1 aliphatic carbocycles. The molecule has 0 bridgehead atoms. The zero-order valence-corrected chi connectivity index (χ0v) is 23.1. The third-order valence-corrected chi connectivity index (χ3v) is 6.76. The van der Waals surface area contributed by atoms with E-state index in [1.807, 2.05) is 24.3 Å². The molecule has 2 aliphatic rings. The van der Waals surface area contributed by atoms with E-state index in [-0.39, 0.29) is 6.54 Å². The van der Waals surface area contributed by atoms with Crippen LogP contribution in [0.2, 0.25) is 0 Å². The Morgan fingerprint density at radius 1 is 0.789 bits per heavy atom. The van der Waals surface area contributed by atoms with Crippen LogP contribution in [0.25, 0.3) is 0 Å². The Kier molecular flexibility index (Phi) is 17.1. The topological polar surface area (TPSA) is 119 Å². The molecule has 0 atom stereocenters. The number of nitrogens with one attached hydrogen (secondary N) is 1. The minimum absolute atomic E-state index is 0.129. The van der Waals surface area contributed by atoms with Crippen LogP contribution in [-0.2, 0) is 25.8 Å². The van der Waals surface area contributed by atoms with Crippen molar-refractivity contribution in [3.63, 3.8) is 0 Å². The molecule has 0 radical (unpaired) electrons. The van der Waals surface area contributed by atoms with E-state index in [1.165, 1.54) is 64.1 Å². The van der Waals surface area contributed by atoms with Gasteiger partial charge in [-0.05, 0) is 75.6 Å². The van der Waals surface area contributed by atoms with Crippen molar-refractivity contribution in [1.82, 2.24) is 10.2 Å². The standard InChI is InChI=1S/C8H8F3N.C8H12N2.C7H16N2.C6H13N/c9-8(10,11)7-3-1-2-6(4-7)5-12;9-5-7-1-2-8(6-10)4-3-7;1-8-7-3-5-9(2)6-4-7;7-6-4-2-1-3-5-6/h1-4H,5,12H2;1-4H,5-6,9-10H2;7-8H,3-6H2,1-2H3;6H,1-5,7H2. The molecule has 216 valence electrons. The van der Waals surface area contributed by atoms with Crippen LogP contribution in [-0.4, -0.2) is 44.2 Å². The van der Waals surface area contributed by atoms with Gasteiger partial charge in [-0.1, -0.05) is 61.7 Å². The fourth-order valence-electron chi connectivity index (χ4n) is 4.12. The van der Waals surface area contributed by atoms with E-state index >= 15 is 0 Å². The van der Waals surface area contributed by atoms with E-state index in [9.17, 15) is 13.2 Å². The Balaban J connectivity index is 0.000000257. The highest BCUT2D eigenvalue weighted by molar-refractivity contribution is 5.25. The highest BCUT2D eigenvalue weighted by Crippen LogP contribution is 2.29. The molecule has 2 aromatic rings. The van der Waals surface area contributed by atoms with E-state index in [1.54, 1.807) is 6.07 Å². The van der Waals surface area contributed by atoms with Crippen molar-refractivity contribution in [3.8, 4) is 0 Å². The van der Waals surface area contributed by atoms with Crippen molar-refractivity contribution in [1.29, 1.82) is 0 Å². The predicted molar refractivity (Wildman–Crippen MR) is 152 cm³/mol. The zero-order valence-electron chi connectivity index (χ0n) is 23.1. The van der Waals surface area contributed by atoms with Gasteiger partial charge in [0.05, 0.1) is 5.56 Å². The Hall–Kier alpha value is -2.01. The maximum Gasteiger partial charge on any atom is 0.416 e. The normalized spacial score (nSPS) is 16.8. The van der Waals surface area contributed by atoms with Gasteiger partial charge in [-0.2, -0.15) is 13.2 Å². The molecule has 0 unspecified atom stereocenters. The van der Waals surface area contributed by atoms with Gasteiger partial charge in [0.2, 0.25) is 0 Å². The first-order valence-corrected chi connectivity index (χ1v) is 13.6. The van der Waals surface area contributed by atoms with Crippen LogP contribution in [0.3, 0.4) is 0 Å². The highest BCUT2D eigenvalue weighted by atomic mass is 19.4. The van der Waals surface area contributed by atoms with Crippen molar-refractivity contribution in [2.45, 2.75) is 82.8 Å². The Labute approximate surface area is 227 Å². The molecule has 1 heterocycles. The fourth-order valence-corrected chi connectivity index (χ4v) is 4.12. The molecular formula is C29H49F3N6. The lowest BCUT2D eigenvalue weighted by molar-refractivity contribution is -0.137. The van der Waals surface area contributed by atoms with Gasteiger partial charge in [-0.3, -0.25) is 0 Å². The molecule has 9 N–H and O–H groups in total. The molecule has 0 spiro atoms. The van der Waals surface area contributed by atoms with E-state index in [0.717, 1.165) is 29.3 Å². The third kappa shape index (κ3) is 14.8. The molecular weight excluding hydrogens is 489 g/mol. The third-order valence-electron chi connectivity index (χ3n) is 6.76. The Morgan fingerprint density at radius 2 is 1.29 bits per heavy atom. The lowest BCUT2D eigenvalue weighted by atomic mass is 9.97. The summed E-state index contributed by atoms with van der Waals surface area (Å²) in [6.45, 7) is 3.84. The molecule has 1 saturated carbocycles. The number of benzene rings is 2. The summed E-state index contributed by atoms with van der Waals surface area (Å²) in [5.74, 6) is 0. The fraction of sp³-hybridized carbons (Fsp3) is 0.586. The highest BCUT2D eigenvalue weighted by Gasteiger charge is 2.30. The number of piperidine rings is 1. The van der Waals surface area contributed by atoms with E-state index in [0.29, 0.717) is 24.7 Å². The summed E-state index contributed by atoms with van der Waals surface area (Å²) in [7, 11) is 4.24. The summed E-state index contributed by atoms with van der Waals surface area (Å²) in [6, 6.07) is 14.3. The first kappa shape index (κ1) is 34.0. The van der Waals surface area contributed by atoms with Gasteiger partial charge in [-0.15, -0.1) is 0 Å². The van der Waals surface area contributed by atoms with Crippen molar-refractivity contribution < 1.29 is 13.2 Å². The molecule has 1 saturated heterocycles. The maximum absolute atomic E-state index is 12.1. The first-order chi connectivity index (χ1) is 18.1. The molecule has 38 heavy (non-hydrogen) atoms. The molecule has 1 aliphatic heterocycles. The average Bonchev–Trinajstić information content (AvgIpc) is 2.94. The lowest BCUT2D eigenvalue weighted by Gasteiger charge is -2.28. The Morgan fingerprint density at radius 3 is 1.66 bits per heavy atom. The van der Waals surface area contributed by atoms with E-state index in [4.69, 9.17) is 22.9 Å². The molecule has 2 fully saturated rings. The number of nitrogens with zero attached hydrogens (tertiary/aromatic N) is 1. The van der Waals surface area contributed by atoms with Crippen molar-refractivity contribution in [2.75, 3.05) is 27.2 Å². The molecule has 6 nitrogen and oxygen atoms in total. The smallest absolute Gasteiger partial charge is 0.328 e. The summed E-state index contributed by atoms with van der Waals surface area (Å²) in [5.41, 5.74) is 23.8. The summed E-state index contributed by atoms with van der Waals surface area (Å²) in [4.78, 5) is 2.38. The average molecular weight is 539 g/mol. The minimum Gasteiger partial charge on any atom is -0.328 e. The van der Waals surface area contributed by atoms with Gasteiger partial charge in [-0.25, -0.2) is 0 Å². The van der Waals surface area contributed by atoms with Crippen LogP contribution in [0.4, 0.5) is 13.2 Å². The number of alkyl halides is 3. The van der Waals surface area contributed by atoms with Crippen LogP contribution < -0.4 is 28.3 Å². The van der Waals surface area contributed by atoms with Gasteiger partial charge in [0.15, 0.2) is 0 Å². The number of rotatable bonds is 4. The molecule has 0 aromatic heterocycles. The SMILES string of the molecule is CNC1CCN(C)CC1.NC1CCCCC1.NCc1ccc(CN)cc1.NCc1cccc(C(F)(F)F)c1. The van der Waals surface area contributed by atoms with Crippen molar-refractivity contribution in [2.24, 2.45) is 22.9 Å². The number of hydrogen-bond donors (Lipinski definition) is 5. The monoisotopic (exact) mass is 538 g/mol. The summed E-state index contributed by atoms with van der Waals surface area (Å²) in [5, 5.41) is 3.30. The zero-order chi connectivity index (χ0) is 28.4. The summed E-state index contributed by atoms with van der Waals surface area (Å²) in [6.07, 6.45) is 5.02. The van der Waals surface area contributed by atoms with E-state index < -0.39 is 11.7 Å². The molecule has 4 rings (SSSR count). The van der Waals surface area contributed by atoms with Gasteiger partial charge in [0.1, 0.15) is 0 Å². The van der Waals surface area contributed by atoms with Gasteiger partial charge in [0, 0.05) is 31.7 Å². The van der Waals surface area contributed by atoms with Crippen molar-refractivity contribution in [3.05, 3.63) is 70.8 Å². The van der Waals surface area contributed by atoms with Crippen LogP contribution in [0.5, 0.6) is 0 Å². The number of nitrogens with two attached hydrogens (primary N) is 4. The molecule has 9 heteroatoms. The second kappa shape index (κ2) is 19.1. The van der Waals surface area contributed by atoms with Gasteiger partial charge in [0.25, 0.3) is 0 Å². The molecule has 2 aromatic carbocycles. The maximum atomic E-state index is 12.1. The van der Waals surface area contributed by atoms with Crippen LogP contribution in [0.1, 0.15) is 67.2 Å². The second-order valence-electron chi connectivity index (χ2n) is 9.89. The van der Waals surface area contributed by atoms with E-state index in [2.05, 4.69) is 24.3 Å². The first-order valence-electron chi connectivity index (χ1n) is 13.6. The van der Waals surface area contributed by atoms with Gasteiger partial charge < -0.3 is 33.2 Å². The lowest BCUT2D eigenvalue weighted by Crippen LogP contribution is -2.39.